The predicted octanol–water partition coefficient (Wildman–Crippen LogP) is 2.73. The number of morpholine rings is 1. The monoisotopic (exact) mass is 386 g/mol. The number of anilines is 2. The molecule has 0 atom stereocenters. The van der Waals surface area contributed by atoms with Crippen LogP contribution in [0.1, 0.15) is 11.1 Å². The van der Waals surface area contributed by atoms with Crippen LogP contribution in [0.5, 0.6) is 0 Å². The number of ether oxygens (including phenoxy) is 1. The van der Waals surface area contributed by atoms with Gasteiger partial charge in [-0.2, -0.15) is 0 Å². The molecule has 3 aromatic rings. The first kappa shape index (κ1) is 18.4. The topological polar surface area (TPSA) is 58.9 Å². The van der Waals surface area contributed by atoms with Crippen molar-refractivity contribution in [2.45, 2.75) is 13.5 Å². The molecule has 4 rings (SSSR count). The second kappa shape index (κ2) is 7.55. The molecular weight excluding hydrogens is 366 g/mol. The van der Waals surface area contributed by atoms with Crippen molar-refractivity contribution >= 4 is 17.2 Å². The van der Waals surface area contributed by atoms with Crippen LogP contribution in [0.15, 0.2) is 41.3 Å². The van der Waals surface area contributed by atoms with Gasteiger partial charge in [-0.1, -0.05) is 0 Å². The lowest BCUT2D eigenvalue weighted by atomic mass is 10.2. The lowest BCUT2D eigenvalue weighted by molar-refractivity contribution is 0.122. The molecule has 1 aliphatic rings. The Morgan fingerprint density at radius 1 is 1.18 bits per heavy atom. The average molecular weight is 386 g/mol. The van der Waals surface area contributed by atoms with Gasteiger partial charge in [-0.3, -0.25) is 9.20 Å². The maximum absolute atomic E-state index is 13.9. The van der Waals surface area contributed by atoms with E-state index in [0.29, 0.717) is 37.8 Å². The van der Waals surface area contributed by atoms with Crippen molar-refractivity contribution in [1.29, 1.82) is 0 Å². The van der Waals surface area contributed by atoms with Crippen molar-refractivity contribution in [2.75, 3.05) is 36.5 Å². The fourth-order valence-electron chi connectivity index (χ4n) is 3.32. The van der Waals surface area contributed by atoms with E-state index in [0.717, 1.165) is 17.2 Å². The van der Waals surface area contributed by atoms with Crippen molar-refractivity contribution < 1.29 is 13.5 Å². The summed E-state index contributed by atoms with van der Waals surface area (Å²) in [6.07, 6.45) is 1.73. The number of fused-ring (bicyclic) bond motifs is 1. The lowest BCUT2D eigenvalue weighted by Gasteiger charge is -2.28. The summed E-state index contributed by atoms with van der Waals surface area (Å²) in [7, 11) is 0. The first-order chi connectivity index (χ1) is 13.5. The van der Waals surface area contributed by atoms with Gasteiger partial charge in [0.25, 0.3) is 5.56 Å². The molecule has 1 saturated heterocycles. The lowest BCUT2D eigenvalue weighted by Crippen LogP contribution is -2.37. The number of rotatable bonds is 4. The Morgan fingerprint density at radius 2 is 1.96 bits per heavy atom. The summed E-state index contributed by atoms with van der Waals surface area (Å²) in [6.45, 7) is 4.64. The SMILES string of the molecule is Cc1cc(CNc2ccc(F)cc2F)c2nc(N3CCOCC3)cc(=O)n2c1. The van der Waals surface area contributed by atoms with E-state index in [-0.39, 0.29) is 17.8 Å². The molecule has 28 heavy (non-hydrogen) atoms. The quantitative estimate of drug-likeness (QED) is 0.747. The van der Waals surface area contributed by atoms with E-state index in [9.17, 15) is 13.6 Å². The Morgan fingerprint density at radius 3 is 2.71 bits per heavy atom. The van der Waals surface area contributed by atoms with Crippen LogP contribution in [0, 0.1) is 18.6 Å². The fourth-order valence-corrected chi connectivity index (χ4v) is 3.32. The summed E-state index contributed by atoms with van der Waals surface area (Å²) >= 11 is 0. The van der Waals surface area contributed by atoms with Crippen LogP contribution >= 0.6 is 0 Å². The maximum atomic E-state index is 13.9. The van der Waals surface area contributed by atoms with Crippen molar-refractivity contribution in [1.82, 2.24) is 9.38 Å². The van der Waals surface area contributed by atoms with Crippen LogP contribution in [-0.2, 0) is 11.3 Å². The van der Waals surface area contributed by atoms with Gasteiger partial charge < -0.3 is 15.0 Å². The molecule has 2 aromatic heterocycles. The molecule has 0 unspecified atom stereocenters. The second-order valence-corrected chi connectivity index (χ2v) is 6.77. The standard InChI is InChI=1S/C20H20F2N4O2/c1-13-8-14(11-23-17-3-2-15(21)9-16(17)22)20-24-18(10-19(27)26(20)12-13)25-4-6-28-7-5-25/h2-3,8-10,12,23H,4-7,11H2,1H3. The highest BCUT2D eigenvalue weighted by atomic mass is 19.1. The number of benzene rings is 1. The summed E-state index contributed by atoms with van der Waals surface area (Å²) in [4.78, 5) is 19.4. The van der Waals surface area contributed by atoms with E-state index in [1.165, 1.54) is 22.6 Å². The van der Waals surface area contributed by atoms with Gasteiger partial charge in [0.05, 0.1) is 18.9 Å². The number of pyridine rings is 1. The summed E-state index contributed by atoms with van der Waals surface area (Å²) in [5, 5.41) is 2.96. The third-order valence-electron chi connectivity index (χ3n) is 4.70. The van der Waals surface area contributed by atoms with Gasteiger partial charge in [-0.25, -0.2) is 13.8 Å². The van der Waals surface area contributed by atoms with Crippen LogP contribution in [0.3, 0.4) is 0 Å². The molecule has 0 amide bonds. The van der Waals surface area contributed by atoms with Gasteiger partial charge in [0.15, 0.2) is 0 Å². The number of aryl methyl sites for hydroxylation is 1. The molecule has 1 aliphatic heterocycles. The Balaban J connectivity index is 1.71. The largest absolute Gasteiger partial charge is 0.378 e. The van der Waals surface area contributed by atoms with E-state index in [2.05, 4.69) is 10.3 Å². The highest BCUT2D eigenvalue weighted by molar-refractivity contribution is 5.56. The molecule has 0 bridgehead atoms. The van der Waals surface area contributed by atoms with E-state index >= 15 is 0 Å². The number of nitrogens with zero attached hydrogens (tertiary/aromatic N) is 3. The molecule has 1 N–H and O–H groups in total. The maximum Gasteiger partial charge on any atom is 0.259 e. The minimum absolute atomic E-state index is 0.176. The first-order valence-electron chi connectivity index (χ1n) is 9.06. The molecule has 1 aromatic carbocycles. The number of halogens is 2. The Kier molecular flexibility index (Phi) is 4.95. The molecule has 1 fully saturated rings. The molecule has 146 valence electrons. The minimum atomic E-state index is -0.670. The number of aromatic nitrogens is 2. The van der Waals surface area contributed by atoms with E-state index in [1.54, 1.807) is 6.20 Å². The molecule has 6 nitrogen and oxygen atoms in total. The number of hydrogen-bond donors (Lipinski definition) is 1. The molecule has 0 radical (unpaired) electrons. The smallest absolute Gasteiger partial charge is 0.259 e. The Bertz CT molecular complexity index is 1080. The Hall–Kier alpha value is -3.00. The molecule has 8 heteroatoms. The third-order valence-corrected chi connectivity index (χ3v) is 4.70. The van der Waals surface area contributed by atoms with Gasteiger partial charge in [0, 0.05) is 43.5 Å². The molecule has 0 spiro atoms. The zero-order chi connectivity index (χ0) is 19.7. The van der Waals surface area contributed by atoms with Crippen molar-refractivity contribution in [2.24, 2.45) is 0 Å². The van der Waals surface area contributed by atoms with Gasteiger partial charge in [0.1, 0.15) is 23.1 Å². The van der Waals surface area contributed by atoms with Gasteiger partial charge in [-0.15, -0.1) is 0 Å². The van der Waals surface area contributed by atoms with Crippen molar-refractivity contribution in [3.63, 3.8) is 0 Å². The van der Waals surface area contributed by atoms with Crippen LogP contribution < -0.4 is 15.8 Å². The normalized spacial score (nSPS) is 14.5. The fraction of sp³-hybridized carbons (Fsp3) is 0.300. The number of hydrogen-bond acceptors (Lipinski definition) is 5. The summed E-state index contributed by atoms with van der Waals surface area (Å²) < 4.78 is 33.9. The van der Waals surface area contributed by atoms with E-state index < -0.39 is 11.6 Å². The second-order valence-electron chi connectivity index (χ2n) is 6.77. The molecule has 0 saturated carbocycles. The number of nitrogens with one attached hydrogen (secondary N) is 1. The van der Waals surface area contributed by atoms with Gasteiger partial charge >= 0.3 is 0 Å². The molecule has 0 aliphatic carbocycles. The van der Waals surface area contributed by atoms with Gasteiger partial charge in [-0.05, 0) is 30.7 Å². The van der Waals surface area contributed by atoms with Crippen molar-refractivity contribution in [3.05, 3.63) is 69.6 Å². The summed E-state index contributed by atoms with van der Waals surface area (Å²) in [5.41, 5.74) is 2.15. The highest BCUT2D eigenvalue weighted by Crippen LogP contribution is 2.19. The van der Waals surface area contributed by atoms with Crippen LogP contribution in [0.4, 0.5) is 20.3 Å². The van der Waals surface area contributed by atoms with E-state index in [4.69, 9.17) is 4.74 Å². The zero-order valence-electron chi connectivity index (χ0n) is 15.4. The third kappa shape index (κ3) is 3.68. The van der Waals surface area contributed by atoms with Crippen LogP contribution in [0.2, 0.25) is 0 Å². The van der Waals surface area contributed by atoms with Gasteiger partial charge in [0.2, 0.25) is 0 Å². The Labute approximate surface area is 160 Å². The van der Waals surface area contributed by atoms with Crippen LogP contribution in [0.25, 0.3) is 5.65 Å². The minimum Gasteiger partial charge on any atom is -0.378 e. The molecular formula is C20H20F2N4O2. The van der Waals surface area contributed by atoms with E-state index in [1.807, 2.05) is 17.9 Å². The highest BCUT2D eigenvalue weighted by Gasteiger charge is 2.16. The van der Waals surface area contributed by atoms with Crippen molar-refractivity contribution in [3.8, 4) is 0 Å². The molecule has 3 heterocycles. The zero-order valence-corrected chi connectivity index (χ0v) is 15.4. The summed E-state index contributed by atoms with van der Waals surface area (Å²) in [6, 6.07) is 6.80. The predicted molar refractivity (Wildman–Crippen MR) is 103 cm³/mol. The first-order valence-corrected chi connectivity index (χ1v) is 9.06. The van der Waals surface area contributed by atoms with Crippen LogP contribution in [-0.4, -0.2) is 35.7 Å². The average Bonchev–Trinajstić information content (AvgIpc) is 2.68. The summed E-state index contributed by atoms with van der Waals surface area (Å²) in [5.74, 6) is -0.699.